The minimum absolute atomic E-state index is 0. The van der Waals surface area contributed by atoms with Gasteiger partial charge in [0.25, 0.3) is 0 Å². The Morgan fingerprint density at radius 2 is 1.94 bits per heavy atom. The van der Waals surface area contributed by atoms with Gasteiger partial charge in [-0.25, -0.2) is 0 Å². The van der Waals surface area contributed by atoms with Crippen molar-refractivity contribution in [1.82, 2.24) is 9.88 Å². The predicted molar refractivity (Wildman–Crippen MR) is 77.0 cm³/mol. The first kappa shape index (κ1) is 17.2. The Bertz CT molecular complexity index is 402. The summed E-state index contributed by atoms with van der Waals surface area (Å²) >= 11 is 3.47. The molecule has 0 unspecified atom stereocenters. The van der Waals surface area contributed by atoms with Crippen molar-refractivity contribution in [2.75, 3.05) is 13.1 Å². The molecule has 18 heavy (non-hydrogen) atoms. The van der Waals surface area contributed by atoms with Crippen LogP contribution in [-0.2, 0) is 29.7 Å². The molecule has 1 heterocycles. The molecule has 0 aliphatic heterocycles. The minimum Gasteiger partial charge on any atom is -0.316 e. The van der Waals surface area contributed by atoms with Crippen LogP contribution in [0.25, 0.3) is 0 Å². The fourth-order valence-corrected chi connectivity index (χ4v) is 1.70. The zero-order valence-corrected chi connectivity index (χ0v) is 12.8. The smallest absolute Gasteiger partial charge is 0.316 e. The topological polar surface area (TPSA) is 40.9 Å². The second-order valence-corrected chi connectivity index (χ2v) is 3.94. The van der Waals surface area contributed by atoms with Crippen molar-refractivity contribution in [2.24, 2.45) is 10.2 Å². The monoisotopic (exact) mass is 314 g/mol. The van der Waals surface area contributed by atoms with Crippen LogP contribution < -0.4 is 0 Å². The first-order valence-corrected chi connectivity index (χ1v) is 6.19. The predicted octanol–water partition coefficient (Wildman–Crippen LogP) is 1.51. The van der Waals surface area contributed by atoms with Crippen LogP contribution >= 0.6 is 0 Å². The molecule has 0 atom stereocenters. The zero-order valence-electron chi connectivity index (χ0n) is 10.8. The normalized spacial score (nSPS) is 12.0. The summed E-state index contributed by atoms with van der Waals surface area (Å²) in [5.41, 5.74) is 1.64. The molecule has 0 amide bonds. The average molecular weight is 315 g/mol. The second kappa shape index (κ2) is 9.14. The van der Waals surface area contributed by atoms with Crippen molar-refractivity contribution in [2.45, 2.75) is 20.8 Å². The zero-order chi connectivity index (χ0) is 12.7. The van der Waals surface area contributed by atoms with Crippen LogP contribution in [0.15, 0.2) is 34.6 Å². The van der Waals surface area contributed by atoms with Gasteiger partial charge in [0, 0.05) is 31.9 Å². The molecule has 1 aromatic rings. The summed E-state index contributed by atoms with van der Waals surface area (Å²) in [6.45, 7) is 7.85. The van der Waals surface area contributed by atoms with E-state index < -0.39 is 0 Å². The molecule has 0 bridgehead atoms. The SMILES string of the molecule is CCN(CC)C([SH2+])=NN=C(C)c1ccccn1.[Cu+2]. The molecule has 0 N–H and O–H groups in total. The van der Waals surface area contributed by atoms with E-state index >= 15 is 0 Å². The number of pyridine rings is 1. The van der Waals surface area contributed by atoms with Gasteiger partial charge in [-0.05, 0) is 32.9 Å². The summed E-state index contributed by atoms with van der Waals surface area (Å²) in [6, 6.07) is 5.73. The number of hydrogen-bond acceptors (Lipinski definition) is 3. The maximum absolute atomic E-state index is 4.21. The summed E-state index contributed by atoms with van der Waals surface area (Å²) in [7, 11) is 0. The van der Waals surface area contributed by atoms with Crippen LogP contribution in [-0.4, -0.2) is 33.9 Å². The Kier molecular flexibility index (Phi) is 8.71. The first-order valence-electron chi connectivity index (χ1n) is 5.69. The Morgan fingerprint density at radius 3 is 2.44 bits per heavy atom. The van der Waals surface area contributed by atoms with Crippen LogP contribution in [0.1, 0.15) is 26.5 Å². The summed E-state index contributed by atoms with van der Waals surface area (Å²) in [5.74, 6) is 0. The van der Waals surface area contributed by atoms with E-state index in [1.165, 1.54) is 0 Å². The van der Waals surface area contributed by atoms with Gasteiger partial charge in [0.1, 0.15) is 0 Å². The van der Waals surface area contributed by atoms with E-state index in [1.807, 2.05) is 25.1 Å². The average Bonchev–Trinajstić information content (AvgIpc) is 2.38. The number of aromatic nitrogens is 1. The molecule has 4 nitrogen and oxygen atoms in total. The summed E-state index contributed by atoms with van der Waals surface area (Å²) in [5, 5.41) is 9.05. The van der Waals surface area contributed by atoms with Gasteiger partial charge in [-0.1, -0.05) is 11.2 Å². The maximum atomic E-state index is 4.21. The molecule has 0 aliphatic rings. The first-order chi connectivity index (χ1) is 8.19. The summed E-state index contributed by atoms with van der Waals surface area (Å²) in [6.07, 6.45) is 1.75. The van der Waals surface area contributed by atoms with E-state index in [0.29, 0.717) is 0 Å². The number of nitrogens with zero attached hydrogens (tertiary/aromatic N) is 4. The Morgan fingerprint density at radius 1 is 1.28 bits per heavy atom. The van der Waals surface area contributed by atoms with Gasteiger partial charge in [0.2, 0.25) is 0 Å². The molecule has 101 valence electrons. The van der Waals surface area contributed by atoms with E-state index in [-0.39, 0.29) is 17.1 Å². The van der Waals surface area contributed by atoms with Crippen molar-refractivity contribution >= 4 is 23.5 Å². The third-order valence-electron chi connectivity index (χ3n) is 2.39. The van der Waals surface area contributed by atoms with Gasteiger partial charge in [-0.15, -0.1) is 5.10 Å². The van der Waals surface area contributed by atoms with Gasteiger partial charge < -0.3 is 4.90 Å². The second-order valence-electron chi connectivity index (χ2n) is 3.50. The Labute approximate surface area is 124 Å². The van der Waals surface area contributed by atoms with Crippen LogP contribution in [0.4, 0.5) is 0 Å². The van der Waals surface area contributed by atoms with Crippen LogP contribution in [0, 0.1) is 0 Å². The number of hydrogen-bond donors (Lipinski definition) is 0. The molecule has 1 aromatic heterocycles. The van der Waals surface area contributed by atoms with Crippen molar-refractivity contribution in [3.63, 3.8) is 0 Å². The van der Waals surface area contributed by atoms with Gasteiger partial charge in [0.15, 0.2) is 0 Å². The van der Waals surface area contributed by atoms with Gasteiger partial charge in [0.05, 0.1) is 11.4 Å². The molecule has 0 saturated carbocycles. The standard InChI is InChI=1S/C12H18N4S.Cu/c1-4-16(5-2)12(17)15-14-10(3)11-8-6-7-9-13-11;/h6-9H,4-5H2,1-3H3,(H,15,17);/q;+2/p+1. The molecular formula is C12H19CuN4S+3. The van der Waals surface area contributed by atoms with Crippen molar-refractivity contribution in [3.8, 4) is 0 Å². The summed E-state index contributed by atoms with van der Waals surface area (Å²) in [4.78, 5) is 6.29. The molecule has 0 fully saturated rings. The van der Waals surface area contributed by atoms with Crippen molar-refractivity contribution in [1.29, 1.82) is 0 Å². The molecule has 0 aromatic carbocycles. The van der Waals surface area contributed by atoms with E-state index in [0.717, 1.165) is 29.7 Å². The number of rotatable bonds is 4. The van der Waals surface area contributed by atoms with Gasteiger partial charge in [-0.3, -0.25) is 4.98 Å². The minimum atomic E-state index is 0. The van der Waals surface area contributed by atoms with E-state index in [2.05, 4.69) is 46.6 Å². The Balaban J connectivity index is 0.00000289. The van der Waals surface area contributed by atoms with Gasteiger partial charge >= 0.3 is 22.2 Å². The molecule has 0 saturated heterocycles. The third-order valence-corrected chi connectivity index (χ3v) is 2.81. The van der Waals surface area contributed by atoms with Crippen molar-refractivity contribution < 1.29 is 17.1 Å². The molecule has 6 heteroatoms. The van der Waals surface area contributed by atoms with E-state index in [9.17, 15) is 0 Å². The van der Waals surface area contributed by atoms with Gasteiger partial charge in [-0.2, -0.15) is 0 Å². The largest absolute Gasteiger partial charge is 2.00 e. The summed E-state index contributed by atoms with van der Waals surface area (Å²) < 4.78 is 0. The van der Waals surface area contributed by atoms with Crippen LogP contribution in [0.3, 0.4) is 0 Å². The third kappa shape index (κ3) is 5.21. The number of amidine groups is 1. The van der Waals surface area contributed by atoms with E-state index in [1.54, 1.807) is 6.20 Å². The fourth-order valence-electron chi connectivity index (χ4n) is 1.34. The Hall–Kier alpha value is -0.841. The molecule has 1 rings (SSSR count). The molecule has 0 aliphatic carbocycles. The molecule has 1 radical (unpaired) electrons. The van der Waals surface area contributed by atoms with Crippen LogP contribution in [0.5, 0.6) is 0 Å². The maximum Gasteiger partial charge on any atom is 2.00 e. The van der Waals surface area contributed by atoms with E-state index in [4.69, 9.17) is 0 Å². The quantitative estimate of drug-likeness (QED) is 0.278. The fraction of sp³-hybridized carbons (Fsp3) is 0.417. The molecular weight excluding hydrogens is 296 g/mol. The molecule has 0 spiro atoms. The van der Waals surface area contributed by atoms with Crippen molar-refractivity contribution in [3.05, 3.63) is 30.1 Å². The van der Waals surface area contributed by atoms with Crippen LogP contribution in [0.2, 0.25) is 0 Å².